The zero-order valence-corrected chi connectivity index (χ0v) is 14.9. The fourth-order valence-corrected chi connectivity index (χ4v) is 2.74. The molecule has 0 aliphatic carbocycles. The van der Waals surface area contributed by atoms with Crippen LogP contribution in [0.3, 0.4) is 0 Å². The first kappa shape index (κ1) is 15.9. The van der Waals surface area contributed by atoms with Crippen molar-refractivity contribution < 1.29 is 9.21 Å². The summed E-state index contributed by atoms with van der Waals surface area (Å²) >= 11 is 6.71. The summed E-state index contributed by atoms with van der Waals surface area (Å²) < 4.78 is 7.01. The third kappa shape index (κ3) is 3.68. The van der Waals surface area contributed by atoms with Crippen molar-refractivity contribution in [3.8, 4) is 0 Å². The molecule has 0 aliphatic rings. The fraction of sp³-hybridized carbons (Fsp3) is 0. The van der Waals surface area contributed by atoms with Crippen molar-refractivity contribution in [3.63, 3.8) is 0 Å². The molecule has 0 saturated heterocycles. The van der Waals surface area contributed by atoms with Gasteiger partial charge in [-0.15, -0.1) is 0 Å². The first-order valence-corrected chi connectivity index (χ1v) is 8.33. The minimum absolute atomic E-state index is 0.0176. The van der Waals surface area contributed by atoms with Crippen molar-refractivity contribution in [1.82, 2.24) is 0 Å². The quantitative estimate of drug-likeness (QED) is 0.323. The molecule has 0 N–H and O–H groups in total. The van der Waals surface area contributed by atoms with E-state index >= 15 is 0 Å². The van der Waals surface area contributed by atoms with Gasteiger partial charge in [-0.05, 0) is 48.0 Å². The summed E-state index contributed by atoms with van der Waals surface area (Å²) in [6.07, 6.45) is 3.04. The van der Waals surface area contributed by atoms with E-state index in [1.54, 1.807) is 30.3 Å². The number of hydrogen-bond acceptors (Lipinski definition) is 3. The SMILES string of the molecule is O=C(C=Cc1ccc(Br)cc1)c1cc2cc(Br)ccc2oc1=O. The molecule has 23 heavy (non-hydrogen) atoms. The Morgan fingerprint density at radius 2 is 1.65 bits per heavy atom. The van der Waals surface area contributed by atoms with Crippen LogP contribution in [0.15, 0.2) is 72.8 Å². The van der Waals surface area contributed by atoms with Crippen LogP contribution in [0.1, 0.15) is 15.9 Å². The summed E-state index contributed by atoms with van der Waals surface area (Å²) in [4.78, 5) is 24.2. The molecule has 3 rings (SSSR count). The summed E-state index contributed by atoms with van der Waals surface area (Å²) in [7, 11) is 0. The van der Waals surface area contributed by atoms with Crippen LogP contribution in [-0.2, 0) is 0 Å². The van der Waals surface area contributed by atoms with Gasteiger partial charge in [-0.1, -0.05) is 50.1 Å². The van der Waals surface area contributed by atoms with Gasteiger partial charge < -0.3 is 4.42 Å². The highest BCUT2D eigenvalue weighted by molar-refractivity contribution is 9.10. The Bertz CT molecular complexity index is 970. The molecule has 0 atom stereocenters. The third-order valence-corrected chi connectivity index (χ3v) is 4.28. The van der Waals surface area contributed by atoms with Crippen molar-refractivity contribution in [1.29, 1.82) is 0 Å². The van der Waals surface area contributed by atoms with E-state index in [-0.39, 0.29) is 11.3 Å². The lowest BCUT2D eigenvalue weighted by Crippen LogP contribution is -2.11. The van der Waals surface area contributed by atoms with Gasteiger partial charge in [0.05, 0.1) is 0 Å². The predicted octanol–water partition coefficient (Wildman–Crippen LogP) is 5.21. The van der Waals surface area contributed by atoms with E-state index in [9.17, 15) is 9.59 Å². The van der Waals surface area contributed by atoms with Crippen LogP contribution in [0, 0.1) is 0 Å². The minimum atomic E-state index is -0.634. The molecule has 3 nitrogen and oxygen atoms in total. The van der Waals surface area contributed by atoms with E-state index in [0.29, 0.717) is 11.0 Å². The zero-order chi connectivity index (χ0) is 16.4. The number of carbonyl (C=O) groups is 1. The zero-order valence-electron chi connectivity index (χ0n) is 11.8. The molecule has 114 valence electrons. The molecule has 0 bridgehead atoms. The van der Waals surface area contributed by atoms with Crippen molar-refractivity contribution in [2.24, 2.45) is 0 Å². The predicted molar refractivity (Wildman–Crippen MR) is 97.7 cm³/mol. The van der Waals surface area contributed by atoms with Crippen molar-refractivity contribution in [2.45, 2.75) is 0 Å². The van der Waals surface area contributed by atoms with Crippen LogP contribution in [0.25, 0.3) is 17.0 Å². The molecule has 5 heteroatoms. The van der Waals surface area contributed by atoms with Crippen molar-refractivity contribution in [2.75, 3.05) is 0 Å². The molecule has 0 fully saturated rings. The van der Waals surface area contributed by atoms with Gasteiger partial charge in [-0.2, -0.15) is 0 Å². The van der Waals surface area contributed by atoms with Gasteiger partial charge >= 0.3 is 5.63 Å². The molecule has 2 aromatic carbocycles. The number of allylic oxidation sites excluding steroid dienone is 1. The van der Waals surface area contributed by atoms with Crippen LogP contribution in [-0.4, -0.2) is 5.78 Å². The Balaban J connectivity index is 1.95. The van der Waals surface area contributed by atoms with Gasteiger partial charge in [0.25, 0.3) is 0 Å². The summed E-state index contributed by atoms with van der Waals surface area (Å²) in [5, 5.41) is 0.694. The number of hydrogen-bond donors (Lipinski definition) is 0. The highest BCUT2D eigenvalue weighted by Gasteiger charge is 2.11. The second kappa shape index (κ2) is 6.64. The van der Waals surface area contributed by atoms with Crippen LogP contribution < -0.4 is 5.63 Å². The van der Waals surface area contributed by atoms with Crippen LogP contribution in [0.5, 0.6) is 0 Å². The maximum absolute atomic E-state index is 12.3. The molecule has 0 aliphatic heterocycles. The molecule has 0 saturated carbocycles. The van der Waals surface area contributed by atoms with Gasteiger partial charge in [0.15, 0.2) is 5.78 Å². The van der Waals surface area contributed by atoms with Gasteiger partial charge in [-0.25, -0.2) is 4.79 Å². The second-order valence-corrected chi connectivity index (χ2v) is 6.71. The van der Waals surface area contributed by atoms with E-state index in [4.69, 9.17) is 4.42 Å². The van der Waals surface area contributed by atoms with E-state index in [1.807, 2.05) is 24.3 Å². The van der Waals surface area contributed by atoms with E-state index in [2.05, 4.69) is 31.9 Å². The Morgan fingerprint density at radius 1 is 0.957 bits per heavy atom. The Hall–Kier alpha value is -1.98. The first-order valence-electron chi connectivity index (χ1n) is 6.74. The maximum atomic E-state index is 12.3. The number of fused-ring (bicyclic) bond motifs is 1. The minimum Gasteiger partial charge on any atom is -0.422 e. The van der Waals surface area contributed by atoms with E-state index in [1.165, 1.54) is 6.08 Å². The van der Waals surface area contributed by atoms with Crippen LogP contribution in [0.2, 0.25) is 0 Å². The first-order chi connectivity index (χ1) is 11.0. The standard InChI is InChI=1S/C18H10Br2O3/c19-13-4-1-11(2-5-13)3-7-16(21)15-10-12-9-14(20)6-8-17(12)23-18(15)22/h1-10H. The topological polar surface area (TPSA) is 47.3 Å². The molecule has 1 heterocycles. The van der Waals surface area contributed by atoms with Crippen molar-refractivity contribution in [3.05, 3.63) is 85.1 Å². The molecular formula is C18H10Br2O3. The van der Waals surface area contributed by atoms with Gasteiger partial charge in [0.2, 0.25) is 0 Å². The molecule has 0 radical (unpaired) electrons. The van der Waals surface area contributed by atoms with Gasteiger partial charge in [0.1, 0.15) is 11.1 Å². The van der Waals surface area contributed by atoms with E-state index in [0.717, 1.165) is 14.5 Å². The van der Waals surface area contributed by atoms with Crippen LogP contribution in [0.4, 0.5) is 0 Å². The van der Waals surface area contributed by atoms with E-state index < -0.39 is 5.63 Å². The molecule has 0 spiro atoms. The summed E-state index contributed by atoms with van der Waals surface area (Å²) in [5.41, 5.74) is 0.704. The largest absolute Gasteiger partial charge is 0.422 e. The fourth-order valence-electron chi connectivity index (χ4n) is 2.10. The Labute approximate surface area is 148 Å². The van der Waals surface area contributed by atoms with Crippen LogP contribution >= 0.6 is 31.9 Å². The average molecular weight is 434 g/mol. The number of benzene rings is 2. The number of ketones is 1. The molecule has 0 unspecified atom stereocenters. The molecule has 3 aromatic rings. The van der Waals surface area contributed by atoms with Crippen molar-refractivity contribution >= 4 is 54.7 Å². The summed E-state index contributed by atoms with van der Waals surface area (Å²) in [6, 6.07) is 14.3. The normalized spacial score (nSPS) is 11.2. The molecule has 1 aromatic heterocycles. The second-order valence-electron chi connectivity index (χ2n) is 4.88. The van der Waals surface area contributed by atoms with Gasteiger partial charge in [0, 0.05) is 14.3 Å². The lowest BCUT2D eigenvalue weighted by Gasteiger charge is -2.00. The highest BCUT2D eigenvalue weighted by atomic mass is 79.9. The lowest BCUT2D eigenvalue weighted by molar-refractivity contribution is 0.104. The van der Waals surface area contributed by atoms with Gasteiger partial charge in [-0.3, -0.25) is 4.79 Å². The summed E-state index contributed by atoms with van der Waals surface area (Å²) in [6.45, 7) is 0. The number of carbonyl (C=O) groups excluding carboxylic acids is 1. The smallest absolute Gasteiger partial charge is 0.347 e. The number of halogens is 2. The third-order valence-electron chi connectivity index (χ3n) is 3.26. The summed E-state index contributed by atoms with van der Waals surface area (Å²) in [5.74, 6) is -0.386. The number of rotatable bonds is 3. The molecule has 0 amide bonds. The maximum Gasteiger partial charge on any atom is 0.347 e. The lowest BCUT2D eigenvalue weighted by atomic mass is 10.1. The highest BCUT2D eigenvalue weighted by Crippen LogP contribution is 2.19. The monoisotopic (exact) mass is 432 g/mol. The average Bonchev–Trinajstić information content (AvgIpc) is 2.54. The Kier molecular flexibility index (Phi) is 4.59. The Morgan fingerprint density at radius 3 is 2.39 bits per heavy atom. The molecular weight excluding hydrogens is 424 g/mol.